The molecule has 1 heterocycles. The van der Waals surface area contributed by atoms with E-state index in [0.717, 1.165) is 5.75 Å². The summed E-state index contributed by atoms with van der Waals surface area (Å²) < 4.78 is 0. The second-order valence-corrected chi connectivity index (χ2v) is 4.14. The Morgan fingerprint density at radius 3 is 3.00 bits per heavy atom. The minimum Gasteiger partial charge on any atom is -0.339 e. The van der Waals surface area contributed by atoms with Crippen molar-refractivity contribution < 1.29 is 4.79 Å². The van der Waals surface area contributed by atoms with Crippen LogP contribution in [-0.4, -0.2) is 46.4 Å². The Hall–Kier alpha value is -1.34. The maximum absolute atomic E-state index is 11.9. The van der Waals surface area contributed by atoms with Crippen LogP contribution in [0.15, 0.2) is 12.4 Å². The largest absolute Gasteiger partial charge is 0.339 e. The first-order valence-electron chi connectivity index (χ1n) is 4.72. The van der Waals surface area contributed by atoms with Crippen LogP contribution in [-0.2, 0) is 0 Å². The Morgan fingerprint density at radius 1 is 1.62 bits per heavy atom. The highest BCUT2D eigenvalue weighted by Crippen LogP contribution is 2.04. The zero-order chi connectivity index (χ0) is 12.0. The summed E-state index contributed by atoms with van der Waals surface area (Å²) in [5.74, 6) is 6.31. The van der Waals surface area contributed by atoms with Crippen LogP contribution in [0.4, 0.5) is 5.82 Å². The summed E-state index contributed by atoms with van der Waals surface area (Å²) in [7, 11) is 1.74. The van der Waals surface area contributed by atoms with Gasteiger partial charge in [0.2, 0.25) is 0 Å². The minimum absolute atomic E-state index is 0.154. The lowest BCUT2D eigenvalue weighted by molar-refractivity contribution is 0.0797. The Morgan fingerprint density at radius 2 is 2.38 bits per heavy atom. The van der Waals surface area contributed by atoms with Crippen LogP contribution in [0.25, 0.3) is 0 Å². The van der Waals surface area contributed by atoms with Crippen LogP contribution >= 0.6 is 11.8 Å². The molecular weight excluding hydrogens is 226 g/mol. The summed E-state index contributed by atoms with van der Waals surface area (Å²) in [6.07, 6.45) is 4.88. The molecule has 0 spiro atoms. The first-order chi connectivity index (χ1) is 7.69. The summed E-state index contributed by atoms with van der Waals surface area (Å²) in [4.78, 5) is 21.4. The molecule has 1 rings (SSSR count). The van der Waals surface area contributed by atoms with Gasteiger partial charge in [-0.05, 0) is 6.26 Å². The van der Waals surface area contributed by atoms with Gasteiger partial charge in [0.25, 0.3) is 5.91 Å². The molecule has 0 aliphatic rings. The van der Waals surface area contributed by atoms with E-state index in [-0.39, 0.29) is 5.91 Å². The molecule has 0 bridgehead atoms. The van der Waals surface area contributed by atoms with Crippen molar-refractivity contribution in [1.82, 2.24) is 14.9 Å². The maximum atomic E-state index is 11.9. The molecule has 1 aromatic heterocycles. The number of aromatic nitrogens is 2. The van der Waals surface area contributed by atoms with Gasteiger partial charge in [-0.3, -0.25) is 9.78 Å². The number of hydrogen-bond acceptors (Lipinski definition) is 6. The van der Waals surface area contributed by atoms with Gasteiger partial charge in [0.05, 0.1) is 12.4 Å². The molecule has 0 aliphatic heterocycles. The molecule has 88 valence electrons. The lowest BCUT2D eigenvalue weighted by atomic mass is 10.4. The van der Waals surface area contributed by atoms with Crippen LogP contribution in [0, 0.1) is 0 Å². The number of thioether (sulfide) groups is 1. The molecule has 0 saturated heterocycles. The van der Waals surface area contributed by atoms with Gasteiger partial charge < -0.3 is 10.3 Å². The van der Waals surface area contributed by atoms with E-state index in [1.807, 2.05) is 6.26 Å². The predicted octanol–water partition coefficient (Wildman–Crippen LogP) is 0.197. The van der Waals surface area contributed by atoms with E-state index in [0.29, 0.717) is 18.1 Å². The molecule has 0 unspecified atom stereocenters. The number of nitrogens with zero attached hydrogens (tertiary/aromatic N) is 3. The van der Waals surface area contributed by atoms with Crippen molar-refractivity contribution in [2.45, 2.75) is 0 Å². The van der Waals surface area contributed by atoms with E-state index in [2.05, 4.69) is 15.4 Å². The number of nitrogens with two attached hydrogens (primary N) is 1. The summed E-state index contributed by atoms with van der Waals surface area (Å²) in [6.45, 7) is 0.683. The van der Waals surface area contributed by atoms with Crippen molar-refractivity contribution in [3.63, 3.8) is 0 Å². The Bertz CT molecular complexity index is 360. The zero-order valence-electron chi connectivity index (χ0n) is 9.30. The molecule has 0 aromatic carbocycles. The van der Waals surface area contributed by atoms with E-state index in [1.54, 1.807) is 23.7 Å². The number of nitrogen functional groups attached to an aromatic ring is 1. The standard InChI is InChI=1S/C9H15N5OS/c1-14(3-4-16-2)9(15)7-5-11-6-8(12-7)13-10/h5-6H,3-4,10H2,1-2H3,(H,12,13). The van der Waals surface area contributed by atoms with Crippen LogP contribution in [0.2, 0.25) is 0 Å². The smallest absolute Gasteiger partial charge is 0.273 e. The number of amides is 1. The van der Waals surface area contributed by atoms with Gasteiger partial charge in [0.15, 0.2) is 5.82 Å². The minimum atomic E-state index is -0.154. The van der Waals surface area contributed by atoms with Gasteiger partial charge in [-0.15, -0.1) is 0 Å². The predicted molar refractivity (Wildman–Crippen MR) is 65.2 cm³/mol. The number of nitrogens with one attached hydrogen (secondary N) is 1. The monoisotopic (exact) mass is 241 g/mol. The van der Waals surface area contributed by atoms with Crippen molar-refractivity contribution >= 4 is 23.5 Å². The number of carbonyl (C=O) groups excluding carboxylic acids is 1. The van der Waals surface area contributed by atoms with Gasteiger partial charge in [-0.25, -0.2) is 10.8 Å². The topological polar surface area (TPSA) is 84.1 Å². The Balaban J connectivity index is 2.71. The molecule has 3 N–H and O–H groups in total. The third kappa shape index (κ3) is 3.35. The molecular formula is C9H15N5OS. The van der Waals surface area contributed by atoms with Crippen molar-refractivity contribution in [2.24, 2.45) is 5.84 Å². The quantitative estimate of drug-likeness (QED) is 0.566. The van der Waals surface area contributed by atoms with E-state index in [9.17, 15) is 4.79 Å². The zero-order valence-corrected chi connectivity index (χ0v) is 10.1. The summed E-state index contributed by atoms with van der Waals surface area (Å²) >= 11 is 1.69. The summed E-state index contributed by atoms with van der Waals surface area (Å²) in [5.41, 5.74) is 2.65. The number of anilines is 1. The third-order valence-corrected chi connectivity index (χ3v) is 2.57. The number of hydrogen-bond donors (Lipinski definition) is 2. The molecule has 0 aliphatic carbocycles. The van der Waals surface area contributed by atoms with Crippen LogP contribution in [0.5, 0.6) is 0 Å². The molecule has 1 aromatic rings. The summed E-state index contributed by atoms with van der Waals surface area (Å²) in [6, 6.07) is 0. The van der Waals surface area contributed by atoms with Crippen LogP contribution < -0.4 is 11.3 Å². The van der Waals surface area contributed by atoms with E-state index < -0.39 is 0 Å². The lowest BCUT2D eigenvalue weighted by Crippen LogP contribution is -2.30. The molecule has 0 atom stereocenters. The second-order valence-electron chi connectivity index (χ2n) is 3.15. The first-order valence-corrected chi connectivity index (χ1v) is 6.11. The highest BCUT2D eigenvalue weighted by atomic mass is 32.2. The third-order valence-electron chi connectivity index (χ3n) is 1.98. The van der Waals surface area contributed by atoms with Crippen LogP contribution in [0.3, 0.4) is 0 Å². The highest BCUT2D eigenvalue weighted by Gasteiger charge is 2.13. The van der Waals surface area contributed by atoms with E-state index in [1.165, 1.54) is 12.4 Å². The first kappa shape index (κ1) is 12.7. The molecule has 16 heavy (non-hydrogen) atoms. The fraction of sp³-hybridized carbons (Fsp3) is 0.444. The average Bonchev–Trinajstić information content (AvgIpc) is 2.35. The molecule has 7 heteroatoms. The Labute approximate surface area is 98.6 Å². The van der Waals surface area contributed by atoms with Crippen molar-refractivity contribution in [3.05, 3.63) is 18.1 Å². The Kier molecular flexibility index (Phi) is 5.00. The van der Waals surface area contributed by atoms with Crippen molar-refractivity contribution in [2.75, 3.05) is 31.0 Å². The number of rotatable bonds is 5. The second kappa shape index (κ2) is 6.29. The maximum Gasteiger partial charge on any atom is 0.273 e. The average molecular weight is 241 g/mol. The van der Waals surface area contributed by atoms with Gasteiger partial charge in [0.1, 0.15) is 5.69 Å². The molecule has 0 radical (unpaired) electrons. The summed E-state index contributed by atoms with van der Waals surface area (Å²) in [5, 5.41) is 0. The molecule has 0 saturated carbocycles. The van der Waals surface area contributed by atoms with Gasteiger partial charge >= 0.3 is 0 Å². The highest BCUT2D eigenvalue weighted by molar-refractivity contribution is 7.98. The van der Waals surface area contributed by atoms with E-state index in [4.69, 9.17) is 5.84 Å². The molecule has 6 nitrogen and oxygen atoms in total. The van der Waals surface area contributed by atoms with Gasteiger partial charge in [0, 0.05) is 19.3 Å². The lowest BCUT2D eigenvalue weighted by Gasteiger charge is -2.15. The number of carbonyl (C=O) groups is 1. The van der Waals surface area contributed by atoms with E-state index >= 15 is 0 Å². The number of hydrazine groups is 1. The SMILES string of the molecule is CSCCN(C)C(=O)c1cncc(NN)n1. The molecule has 1 amide bonds. The van der Waals surface area contributed by atoms with Crippen molar-refractivity contribution in [1.29, 1.82) is 0 Å². The fourth-order valence-electron chi connectivity index (χ4n) is 1.06. The normalized spacial score (nSPS) is 9.94. The molecule has 0 fully saturated rings. The van der Waals surface area contributed by atoms with Crippen LogP contribution in [0.1, 0.15) is 10.5 Å². The van der Waals surface area contributed by atoms with Crippen molar-refractivity contribution in [3.8, 4) is 0 Å². The van der Waals surface area contributed by atoms with Gasteiger partial charge in [-0.1, -0.05) is 0 Å². The fourth-order valence-corrected chi connectivity index (χ4v) is 1.52. The van der Waals surface area contributed by atoms with Gasteiger partial charge in [-0.2, -0.15) is 11.8 Å².